The summed E-state index contributed by atoms with van der Waals surface area (Å²) in [5, 5.41) is 0. The Bertz CT molecular complexity index is 1230. The summed E-state index contributed by atoms with van der Waals surface area (Å²) in [5.74, 6) is -0.0422. The Hall–Kier alpha value is -2.68. The smallest absolute Gasteiger partial charge is 0.325 e. The van der Waals surface area contributed by atoms with Gasteiger partial charge in [0, 0.05) is 18.1 Å². The lowest BCUT2D eigenvalue weighted by molar-refractivity contribution is -0.153. The van der Waals surface area contributed by atoms with Crippen molar-refractivity contribution >= 4 is 27.8 Å². The Balaban J connectivity index is 1.56. The van der Waals surface area contributed by atoms with Crippen molar-refractivity contribution in [3.63, 3.8) is 0 Å². The average molecular weight is 514 g/mol. The zero-order valence-corrected chi connectivity index (χ0v) is 21.1. The highest BCUT2D eigenvalue weighted by molar-refractivity contribution is 7.99. The van der Waals surface area contributed by atoms with Crippen molar-refractivity contribution in [2.24, 2.45) is 0 Å². The molecule has 1 aliphatic heterocycles. The number of sulfonamides is 1. The van der Waals surface area contributed by atoms with Crippen LogP contribution in [0.15, 0.2) is 83.8 Å². The number of carbonyl (C=O) groups excluding carboxylic acids is 1. The Kier molecular flexibility index (Phi) is 8.26. The second-order valence-corrected chi connectivity index (χ2v) is 11.6. The lowest BCUT2D eigenvalue weighted by Crippen LogP contribution is -2.51. The highest BCUT2D eigenvalue weighted by Crippen LogP contribution is 2.29. The van der Waals surface area contributed by atoms with E-state index >= 15 is 0 Å². The highest BCUT2D eigenvalue weighted by atomic mass is 32.2. The highest BCUT2D eigenvalue weighted by Gasteiger charge is 2.39. The first-order valence-electron chi connectivity index (χ1n) is 11.5. The van der Waals surface area contributed by atoms with Crippen molar-refractivity contribution in [1.29, 1.82) is 0 Å². The molecule has 8 heteroatoms. The molecule has 0 amide bonds. The van der Waals surface area contributed by atoms with Crippen molar-refractivity contribution in [3.8, 4) is 0 Å². The number of benzene rings is 3. The van der Waals surface area contributed by atoms with Crippen molar-refractivity contribution < 1.29 is 22.3 Å². The minimum Gasteiger partial charge on any atom is -0.456 e. The molecule has 0 aliphatic carbocycles. The van der Waals surface area contributed by atoms with E-state index in [0.29, 0.717) is 29.9 Å². The quantitative estimate of drug-likeness (QED) is 0.390. The zero-order valence-electron chi connectivity index (χ0n) is 19.5. The van der Waals surface area contributed by atoms with E-state index in [1.54, 1.807) is 36.4 Å². The summed E-state index contributed by atoms with van der Waals surface area (Å²) in [5.41, 5.74) is 2.72. The van der Waals surface area contributed by atoms with Crippen LogP contribution in [0.3, 0.4) is 0 Å². The summed E-state index contributed by atoms with van der Waals surface area (Å²) in [4.78, 5) is 13.5. The number of aryl methyl sites for hydroxylation is 2. The Morgan fingerprint density at radius 2 is 1.74 bits per heavy atom. The molecule has 0 spiro atoms. The van der Waals surface area contributed by atoms with Gasteiger partial charge in [-0.15, -0.1) is 0 Å². The van der Waals surface area contributed by atoms with E-state index in [4.69, 9.17) is 4.74 Å². The molecule has 4 rings (SSSR count). The number of thioether (sulfide) groups is 1. The second-order valence-electron chi connectivity index (χ2n) is 8.52. The van der Waals surface area contributed by atoms with Crippen LogP contribution >= 0.6 is 11.8 Å². The summed E-state index contributed by atoms with van der Waals surface area (Å²) in [6.07, 6.45) is 0.520. The Labute approximate surface area is 210 Å². The average Bonchev–Trinajstić information content (AvgIpc) is 2.88. The number of carbonyl (C=O) groups is 1. The molecule has 3 aromatic rings. The van der Waals surface area contributed by atoms with Gasteiger partial charge in [-0.25, -0.2) is 12.8 Å². The summed E-state index contributed by atoms with van der Waals surface area (Å²) in [6, 6.07) is 21.4. The first-order valence-corrected chi connectivity index (χ1v) is 14.1. The molecule has 0 N–H and O–H groups in total. The van der Waals surface area contributed by atoms with Crippen LogP contribution in [0.25, 0.3) is 0 Å². The molecular weight excluding hydrogens is 485 g/mol. The fourth-order valence-electron chi connectivity index (χ4n) is 4.04. The van der Waals surface area contributed by atoms with Crippen LogP contribution < -0.4 is 0 Å². The molecule has 0 aromatic heterocycles. The fourth-order valence-corrected chi connectivity index (χ4v) is 6.86. The van der Waals surface area contributed by atoms with Gasteiger partial charge in [0.2, 0.25) is 10.0 Å². The Morgan fingerprint density at radius 1 is 1.06 bits per heavy atom. The van der Waals surface area contributed by atoms with Gasteiger partial charge in [-0.1, -0.05) is 60.2 Å². The van der Waals surface area contributed by atoms with E-state index in [-0.39, 0.29) is 17.3 Å². The van der Waals surface area contributed by atoms with Gasteiger partial charge in [0.25, 0.3) is 0 Å². The molecule has 1 fully saturated rings. The van der Waals surface area contributed by atoms with Crippen LogP contribution in [0.2, 0.25) is 0 Å². The fraction of sp³-hybridized carbons (Fsp3) is 0.296. The molecule has 1 heterocycles. The molecule has 0 saturated carbocycles. The van der Waals surface area contributed by atoms with Gasteiger partial charge in [0.05, 0.1) is 4.90 Å². The third-order valence-corrected chi connectivity index (χ3v) is 8.96. The second kappa shape index (κ2) is 11.4. The normalized spacial score (nSPS) is 17.6. The van der Waals surface area contributed by atoms with Crippen LogP contribution in [0.1, 0.15) is 29.2 Å². The lowest BCUT2D eigenvalue weighted by atomic mass is 10.0. The topological polar surface area (TPSA) is 63.7 Å². The largest absolute Gasteiger partial charge is 0.456 e. The molecule has 35 heavy (non-hydrogen) atoms. The predicted molar refractivity (Wildman–Crippen MR) is 136 cm³/mol. The van der Waals surface area contributed by atoms with Gasteiger partial charge in [0.1, 0.15) is 18.0 Å². The van der Waals surface area contributed by atoms with Crippen LogP contribution in [0, 0.1) is 12.7 Å². The number of hydrogen-bond acceptors (Lipinski definition) is 5. The van der Waals surface area contributed by atoms with Crippen LogP contribution in [-0.2, 0) is 26.0 Å². The standard InChI is InChI=1S/C27H28FNO4S2/c1-20-7-14-24(15-8-20)35(31,32)29-17-18-34-19-25(29)27(30)33-26(22-10-12-23(28)13-11-22)16-9-21-5-3-2-4-6-21/h2-8,10-15,25-26H,9,16-19H2,1H3/t25-,26?/m0/s1. The lowest BCUT2D eigenvalue weighted by Gasteiger charge is -2.33. The van der Waals surface area contributed by atoms with E-state index in [2.05, 4.69) is 0 Å². The number of esters is 1. The molecule has 1 saturated heterocycles. The van der Waals surface area contributed by atoms with Crippen molar-refractivity contribution in [2.45, 2.75) is 36.8 Å². The van der Waals surface area contributed by atoms with Crippen LogP contribution in [-0.4, -0.2) is 42.8 Å². The van der Waals surface area contributed by atoms with Gasteiger partial charge in [0.15, 0.2) is 0 Å². The number of ether oxygens (including phenoxy) is 1. The van der Waals surface area contributed by atoms with E-state index in [9.17, 15) is 17.6 Å². The first-order chi connectivity index (χ1) is 16.8. The number of halogens is 1. The van der Waals surface area contributed by atoms with Gasteiger partial charge in [-0.2, -0.15) is 16.1 Å². The number of rotatable bonds is 8. The predicted octanol–water partition coefficient (Wildman–Crippen LogP) is 5.16. The minimum atomic E-state index is -3.86. The summed E-state index contributed by atoms with van der Waals surface area (Å²) >= 11 is 1.53. The van der Waals surface area contributed by atoms with Gasteiger partial charge >= 0.3 is 5.97 Å². The van der Waals surface area contributed by atoms with E-state index in [0.717, 1.165) is 11.1 Å². The van der Waals surface area contributed by atoms with Crippen LogP contribution in [0.5, 0.6) is 0 Å². The molecule has 0 radical (unpaired) electrons. The maximum absolute atomic E-state index is 13.5. The molecule has 3 aromatic carbocycles. The molecule has 1 aliphatic rings. The van der Waals surface area contributed by atoms with E-state index < -0.39 is 28.1 Å². The summed E-state index contributed by atoms with van der Waals surface area (Å²) < 4.78 is 47.5. The third kappa shape index (κ3) is 6.31. The van der Waals surface area contributed by atoms with E-state index in [1.807, 2.05) is 37.3 Å². The molecule has 5 nitrogen and oxygen atoms in total. The molecule has 1 unspecified atom stereocenters. The van der Waals surface area contributed by atoms with Gasteiger partial charge in [-0.05, 0) is 55.2 Å². The number of hydrogen-bond donors (Lipinski definition) is 0. The van der Waals surface area contributed by atoms with Crippen molar-refractivity contribution in [3.05, 3.63) is 101 Å². The molecule has 2 atom stereocenters. The minimum absolute atomic E-state index is 0.159. The van der Waals surface area contributed by atoms with Crippen LogP contribution in [0.4, 0.5) is 4.39 Å². The van der Waals surface area contributed by atoms with Gasteiger partial charge in [-0.3, -0.25) is 4.79 Å². The zero-order chi connectivity index (χ0) is 24.8. The summed E-state index contributed by atoms with van der Waals surface area (Å²) in [7, 11) is -3.86. The maximum Gasteiger partial charge on any atom is 0.325 e. The first kappa shape index (κ1) is 25.4. The van der Waals surface area contributed by atoms with Crippen molar-refractivity contribution in [1.82, 2.24) is 4.31 Å². The van der Waals surface area contributed by atoms with Crippen molar-refractivity contribution in [2.75, 3.05) is 18.1 Å². The van der Waals surface area contributed by atoms with Gasteiger partial charge < -0.3 is 4.74 Å². The molecule has 184 valence electrons. The number of nitrogens with zero attached hydrogens (tertiary/aromatic N) is 1. The van der Waals surface area contributed by atoms with E-state index in [1.165, 1.54) is 28.2 Å². The molecular formula is C27H28FNO4S2. The Morgan fingerprint density at radius 3 is 2.43 bits per heavy atom. The SMILES string of the molecule is Cc1ccc(S(=O)(=O)N2CCSC[C@H]2C(=O)OC(CCc2ccccc2)c2ccc(F)cc2)cc1. The maximum atomic E-state index is 13.5. The monoisotopic (exact) mass is 513 g/mol. The molecule has 0 bridgehead atoms. The summed E-state index contributed by atoms with van der Waals surface area (Å²) in [6.45, 7) is 2.12. The third-order valence-electron chi connectivity index (χ3n) is 6.02.